The van der Waals surface area contributed by atoms with E-state index in [0.717, 1.165) is 29.9 Å². The van der Waals surface area contributed by atoms with Crippen LogP contribution in [0.4, 0.5) is 11.6 Å². The highest BCUT2D eigenvalue weighted by Gasteiger charge is 2.20. The van der Waals surface area contributed by atoms with Crippen molar-refractivity contribution in [3.05, 3.63) is 65.1 Å². The Balaban J connectivity index is 1.75. The van der Waals surface area contributed by atoms with Gasteiger partial charge in [-0.15, -0.1) is 0 Å². The van der Waals surface area contributed by atoms with Crippen LogP contribution in [0, 0.1) is 13.8 Å². The lowest BCUT2D eigenvalue weighted by atomic mass is 9.89. The molecule has 0 spiro atoms. The normalized spacial score (nSPS) is 12.4. The fraction of sp³-hybridized carbons (Fsp3) is 0.211. The number of aryl methyl sites for hydroxylation is 3. The van der Waals surface area contributed by atoms with E-state index in [4.69, 9.17) is 4.98 Å². The van der Waals surface area contributed by atoms with Gasteiger partial charge >= 0.3 is 0 Å². The van der Waals surface area contributed by atoms with Crippen molar-refractivity contribution in [3.8, 4) is 11.3 Å². The number of hydrogen-bond acceptors (Lipinski definition) is 4. The van der Waals surface area contributed by atoms with Crippen LogP contribution in [-0.2, 0) is 12.8 Å². The van der Waals surface area contributed by atoms with Crippen molar-refractivity contribution in [2.24, 2.45) is 0 Å². The van der Waals surface area contributed by atoms with Gasteiger partial charge in [0.05, 0.1) is 5.69 Å². The molecule has 0 unspecified atom stereocenters. The maximum atomic E-state index is 4.77. The molecule has 2 heterocycles. The van der Waals surface area contributed by atoms with Gasteiger partial charge in [-0.05, 0) is 61.6 Å². The monoisotopic (exact) mass is 302 g/mol. The Labute approximate surface area is 135 Å². The Morgan fingerprint density at radius 3 is 2.83 bits per heavy atom. The average molecular weight is 302 g/mol. The molecule has 4 rings (SSSR count). The maximum Gasteiger partial charge on any atom is 0.227 e. The molecular formula is C19H18N4. The highest BCUT2D eigenvalue weighted by atomic mass is 15.1. The summed E-state index contributed by atoms with van der Waals surface area (Å²) in [4.78, 5) is 13.7. The molecule has 1 aromatic carbocycles. The summed E-state index contributed by atoms with van der Waals surface area (Å²) in [5, 5.41) is 3.30. The van der Waals surface area contributed by atoms with Crippen molar-refractivity contribution in [1.82, 2.24) is 15.0 Å². The number of fused-ring (bicyclic) bond motifs is 3. The van der Waals surface area contributed by atoms with Gasteiger partial charge < -0.3 is 5.32 Å². The van der Waals surface area contributed by atoms with Gasteiger partial charge in [0.15, 0.2) is 0 Å². The smallest absolute Gasteiger partial charge is 0.227 e. The molecule has 0 saturated carbocycles. The van der Waals surface area contributed by atoms with Crippen LogP contribution in [-0.4, -0.2) is 15.0 Å². The highest BCUT2D eigenvalue weighted by molar-refractivity contribution is 5.71. The van der Waals surface area contributed by atoms with Crippen molar-refractivity contribution in [2.45, 2.75) is 26.7 Å². The second-order valence-corrected chi connectivity index (χ2v) is 5.98. The molecule has 0 amide bonds. The molecule has 1 N–H and O–H groups in total. The molecule has 0 saturated heterocycles. The minimum atomic E-state index is 0.636. The van der Waals surface area contributed by atoms with E-state index >= 15 is 0 Å². The Kier molecular flexibility index (Phi) is 3.30. The predicted molar refractivity (Wildman–Crippen MR) is 91.9 cm³/mol. The molecule has 4 nitrogen and oxygen atoms in total. The Bertz CT molecular complexity index is 886. The first kappa shape index (κ1) is 13.9. The van der Waals surface area contributed by atoms with Crippen LogP contribution in [0.3, 0.4) is 0 Å². The first-order chi connectivity index (χ1) is 11.2. The van der Waals surface area contributed by atoms with Crippen molar-refractivity contribution >= 4 is 11.6 Å². The molecule has 23 heavy (non-hydrogen) atoms. The number of benzene rings is 1. The first-order valence-electron chi connectivity index (χ1n) is 7.85. The van der Waals surface area contributed by atoms with Crippen LogP contribution in [0.5, 0.6) is 0 Å². The number of aromatic nitrogens is 3. The number of nitrogens with one attached hydrogen (secondary N) is 1. The van der Waals surface area contributed by atoms with E-state index < -0.39 is 0 Å². The second kappa shape index (κ2) is 5.47. The summed E-state index contributed by atoms with van der Waals surface area (Å²) in [6.07, 6.45) is 5.79. The summed E-state index contributed by atoms with van der Waals surface area (Å²) < 4.78 is 0. The second-order valence-electron chi connectivity index (χ2n) is 5.98. The van der Waals surface area contributed by atoms with E-state index in [1.54, 1.807) is 0 Å². The summed E-state index contributed by atoms with van der Waals surface area (Å²) in [5.41, 5.74) is 8.04. The molecule has 114 valence electrons. The summed E-state index contributed by atoms with van der Waals surface area (Å²) in [6.45, 7) is 4.14. The summed E-state index contributed by atoms with van der Waals surface area (Å²) in [5.74, 6) is 0.636. The molecule has 2 aromatic heterocycles. The molecule has 0 atom stereocenters. The van der Waals surface area contributed by atoms with Crippen LogP contribution in [0.2, 0.25) is 0 Å². The van der Waals surface area contributed by atoms with Gasteiger partial charge in [-0.1, -0.05) is 12.1 Å². The molecule has 0 aliphatic heterocycles. The van der Waals surface area contributed by atoms with Gasteiger partial charge in [0, 0.05) is 29.3 Å². The highest BCUT2D eigenvalue weighted by Crippen LogP contribution is 2.33. The van der Waals surface area contributed by atoms with Crippen molar-refractivity contribution < 1.29 is 0 Å². The quantitative estimate of drug-likeness (QED) is 0.777. The van der Waals surface area contributed by atoms with Crippen LogP contribution < -0.4 is 5.32 Å². The van der Waals surface area contributed by atoms with Crippen molar-refractivity contribution in [2.75, 3.05) is 5.32 Å². The third-order valence-corrected chi connectivity index (χ3v) is 4.31. The third-order valence-electron chi connectivity index (χ3n) is 4.31. The van der Waals surface area contributed by atoms with Crippen LogP contribution in [0.1, 0.15) is 22.4 Å². The molecule has 1 aliphatic carbocycles. The fourth-order valence-corrected chi connectivity index (χ4v) is 3.13. The van der Waals surface area contributed by atoms with Gasteiger partial charge in [-0.3, -0.25) is 4.98 Å². The topological polar surface area (TPSA) is 50.7 Å². The number of anilines is 2. The molecule has 1 aliphatic rings. The number of pyridine rings is 1. The van der Waals surface area contributed by atoms with Crippen molar-refractivity contribution in [1.29, 1.82) is 0 Å². The van der Waals surface area contributed by atoms with Crippen LogP contribution in [0.25, 0.3) is 11.3 Å². The lowest BCUT2D eigenvalue weighted by Gasteiger charge is -2.20. The number of rotatable bonds is 2. The number of hydrogen-bond donors (Lipinski definition) is 1. The lowest BCUT2D eigenvalue weighted by Crippen LogP contribution is -2.10. The Hall–Kier alpha value is -2.75. The molecule has 0 fully saturated rings. The number of nitrogens with zero attached hydrogens (tertiary/aromatic N) is 3. The fourth-order valence-electron chi connectivity index (χ4n) is 3.13. The summed E-state index contributed by atoms with van der Waals surface area (Å²) in [6, 6.07) is 10.3. The average Bonchev–Trinajstić information content (AvgIpc) is 2.55. The minimum absolute atomic E-state index is 0.636. The van der Waals surface area contributed by atoms with Gasteiger partial charge in [0.1, 0.15) is 0 Å². The predicted octanol–water partition coefficient (Wildman–Crippen LogP) is 4.00. The molecule has 0 radical (unpaired) electrons. The standard InChI is InChI=1S/C19H18N4/c1-12-4-3-5-15(10-12)22-19-21-11-14-6-7-16-13(2)20-9-8-17(16)18(14)23-19/h3-5,8-11H,6-7H2,1-2H3,(H,21,22,23). The van der Waals surface area contributed by atoms with Gasteiger partial charge in [-0.25, -0.2) is 9.97 Å². The van der Waals surface area contributed by atoms with E-state index in [-0.39, 0.29) is 0 Å². The van der Waals surface area contributed by atoms with Gasteiger partial charge in [0.2, 0.25) is 5.95 Å². The summed E-state index contributed by atoms with van der Waals surface area (Å²) in [7, 11) is 0. The third kappa shape index (κ3) is 2.57. The van der Waals surface area contributed by atoms with Crippen LogP contribution >= 0.6 is 0 Å². The lowest BCUT2D eigenvalue weighted by molar-refractivity contribution is 0.890. The van der Waals surface area contributed by atoms with E-state index in [0.29, 0.717) is 5.95 Å². The molecular weight excluding hydrogens is 284 g/mol. The molecule has 3 aromatic rings. The van der Waals surface area contributed by atoms with E-state index in [1.165, 1.54) is 22.3 Å². The van der Waals surface area contributed by atoms with Crippen molar-refractivity contribution in [3.63, 3.8) is 0 Å². The zero-order chi connectivity index (χ0) is 15.8. The first-order valence-corrected chi connectivity index (χ1v) is 7.85. The van der Waals surface area contributed by atoms with E-state index in [2.05, 4.69) is 47.3 Å². The minimum Gasteiger partial charge on any atom is -0.324 e. The van der Waals surface area contributed by atoms with Gasteiger partial charge in [0.25, 0.3) is 0 Å². The van der Waals surface area contributed by atoms with E-state index in [9.17, 15) is 0 Å². The molecule has 0 bridgehead atoms. The SMILES string of the molecule is Cc1cccc(Nc2ncc3c(n2)-c2ccnc(C)c2CC3)c1. The maximum absolute atomic E-state index is 4.77. The van der Waals surface area contributed by atoms with E-state index in [1.807, 2.05) is 24.5 Å². The van der Waals surface area contributed by atoms with Gasteiger partial charge in [-0.2, -0.15) is 0 Å². The zero-order valence-corrected chi connectivity index (χ0v) is 13.3. The Morgan fingerprint density at radius 2 is 1.96 bits per heavy atom. The summed E-state index contributed by atoms with van der Waals surface area (Å²) >= 11 is 0. The molecule has 4 heteroatoms. The Morgan fingerprint density at radius 1 is 1.04 bits per heavy atom. The van der Waals surface area contributed by atoms with Crippen LogP contribution in [0.15, 0.2) is 42.7 Å². The largest absolute Gasteiger partial charge is 0.324 e. The zero-order valence-electron chi connectivity index (χ0n) is 13.3.